The van der Waals surface area contributed by atoms with Gasteiger partial charge in [-0.1, -0.05) is 6.07 Å². The highest BCUT2D eigenvalue weighted by atomic mass is 127. The first kappa shape index (κ1) is 13.2. The number of nitrogens with zero attached hydrogens (tertiary/aromatic N) is 2. The number of methoxy groups -OCH3 is 1. The molecule has 4 nitrogen and oxygen atoms in total. The zero-order chi connectivity index (χ0) is 14.3. The first-order valence-corrected chi connectivity index (χ1v) is 6.96. The van der Waals surface area contributed by atoms with Gasteiger partial charge in [-0.2, -0.15) is 0 Å². The maximum Gasteiger partial charge on any atom is 0.206 e. The molecule has 0 unspecified atom stereocenters. The van der Waals surface area contributed by atoms with E-state index in [1.165, 1.54) is 12.1 Å². The summed E-state index contributed by atoms with van der Waals surface area (Å²) in [6.45, 7) is 0. The number of benzene rings is 2. The molecule has 3 aromatic rings. The SMILES string of the molecule is COc1cccc2c1nc(N)n2-c1ccc(F)cc1I. The number of fused-ring (bicyclic) bond motifs is 1. The monoisotopic (exact) mass is 383 g/mol. The minimum Gasteiger partial charge on any atom is -0.494 e. The van der Waals surface area contributed by atoms with Crippen LogP contribution >= 0.6 is 22.6 Å². The molecule has 1 heterocycles. The van der Waals surface area contributed by atoms with E-state index in [1.54, 1.807) is 17.7 Å². The van der Waals surface area contributed by atoms with E-state index in [9.17, 15) is 4.39 Å². The molecule has 0 fully saturated rings. The molecule has 0 aliphatic rings. The van der Waals surface area contributed by atoms with Gasteiger partial charge in [-0.05, 0) is 52.9 Å². The fourth-order valence-electron chi connectivity index (χ4n) is 2.17. The highest BCUT2D eigenvalue weighted by Crippen LogP contribution is 2.31. The second kappa shape index (κ2) is 4.93. The number of ether oxygens (including phenoxy) is 1. The summed E-state index contributed by atoms with van der Waals surface area (Å²) in [5, 5.41) is 0. The molecule has 0 aliphatic heterocycles. The van der Waals surface area contributed by atoms with Crippen LogP contribution in [0.3, 0.4) is 0 Å². The van der Waals surface area contributed by atoms with Crippen molar-refractivity contribution in [3.63, 3.8) is 0 Å². The Kier molecular flexibility index (Phi) is 3.25. The first-order valence-electron chi connectivity index (χ1n) is 5.88. The molecule has 2 aromatic carbocycles. The van der Waals surface area contributed by atoms with Crippen LogP contribution < -0.4 is 10.5 Å². The summed E-state index contributed by atoms with van der Waals surface area (Å²) in [6, 6.07) is 10.2. The number of rotatable bonds is 2. The van der Waals surface area contributed by atoms with Crippen molar-refractivity contribution in [3.05, 3.63) is 45.8 Å². The number of hydrogen-bond acceptors (Lipinski definition) is 3. The number of anilines is 1. The predicted octanol–water partition coefficient (Wildman–Crippen LogP) is 3.36. The number of nitrogen functional groups attached to an aromatic ring is 1. The van der Waals surface area contributed by atoms with Gasteiger partial charge in [-0.25, -0.2) is 9.37 Å². The van der Waals surface area contributed by atoms with Gasteiger partial charge in [-0.3, -0.25) is 4.57 Å². The van der Waals surface area contributed by atoms with Crippen molar-refractivity contribution in [1.29, 1.82) is 0 Å². The Bertz CT molecular complexity index is 800. The second-order valence-corrected chi connectivity index (χ2v) is 5.39. The molecule has 0 radical (unpaired) electrons. The summed E-state index contributed by atoms with van der Waals surface area (Å²) in [4.78, 5) is 4.34. The van der Waals surface area contributed by atoms with Crippen molar-refractivity contribution in [2.75, 3.05) is 12.8 Å². The Morgan fingerprint density at radius 1 is 1.30 bits per heavy atom. The highest BCUT2D eigenvalue weighted by Gasteiger charge is 2.15. The maximum absolute atomic E-state index is 13.2. The van der Waals surface area contributed by atoms with E-state index >= 15 is 0 Å². The van der Waals surface area contributed by atoms with Crippen LogP contribution in [0.1, 0.15) is 0 Å². The van der Waals surface area contributed by atoms with Gasteiger partial charge in [0.2, 0.25) is 5.95 Å². The van der Waals surface area contributed by atoms with Crippen molar-refractivity contribution >= 4 is 39.6 Å². The fraction of sp³-hybridized carbons (Fsp3) is 0.0714. The average molecular weight is 383 g/mol. The van der Waals surface area contributed by atoms with E-state index in [2.05, 4.69) is 27.6 Å². The quantitative estimate of drug-likeness (QED) is 0.691. The molecule has 20 heavy (non-hydrogen) atoms. The van der Waals surface area contributed by atoms with Gasteiger partial charge in [0.25, 0.3) is 0 Å². The molecule has 0 bridgehead atoms. The third-order valence-electron chi connectivity index (χ3n) is 3.04. The normalized spacial score (nSPS) is 10.9. The molecule has 0 aliphatic carbocycles. The van der Waals surface area contributed by atoms with Crippen molar-refractivity contribution in [3.8, 4) is 11.4 Å². The Hall–Kier alpha value is -1.83. The van der Waals surface area contributed by atoms with Crippen molar-refractivity contribution in [1.82, 2.24) is 9.55 Å². The van der Waals surface area contributed by atoms with Crippen LogP contribution in [0, 0.1) is 9.39 Å². The Morgan fingerprint density at radius 2 is 2.10 bits per heavy atom. The number of halogens is 2. The molecule has 0 saturated carbocycles. The predicted molar refractivity (Wildman–Crippen MR) is 84.7 cm³/mol. The number of nitrogens with two attached hydrogens (primary N) is 1. The number of imidazole rings is 1. The van der Waals surface area contributed by atoms with Crippen LogP contribution in [-0.4, -0.2) is 16.7 Å². The summed E-state index contributed by atoms with van der Waals surface area (Å²) >= 11 is 2.08. The highest BCUT2D eigenvalue weighted by molar-refractivity contribution is 14.1. The van der Waals surface area contributed by atoms with E-state index < -0.39 is 0 Å². The summed E-state index contributed by atoms with van der Waals surface area (Å²) in [5.74, 6) is 0.720. The molecule has 0 atom stereocenters. The minimum absolute atomic E-state index is 0.279. The van der Waals surface area contributed by atoms with Crippen molar-refractivity contribution < 1.29 is 9.13 Å². The van der Waals surface area contributed by atoms with Crippen LogP contribution in [0.15, 0.2) is 36.4 Å². The summed E-state index contributed by atoms with van der Waals surface area (Å²) < 4.78 is 21.1. The molecule has 6 heteroatoms. The van der Waals surface area contributed by atoms with Crippen LogP contribution in [-0.2, 0) is 0 Å². The topological polar surface area (TPSA) is 53.1 Å². The van der Waals surface area contributed by atoms with Gasteiger partial charge < -0.3 is 10.5 Å². The van der Waals surface area contributed by atoms with Gasteiger partial charge in [0.15, 0.2) is 0 Å². The largest absolute Gasteiger partial charge is 0.494 e. The Balaban J connectivity index is 2.34. The third-order valence-corrected chi connectivity index (χ3v) is 3.91. The molecule has 0 amide bonds. The van der Waals surface area contributed by atoms with Gasteiger partial charge in [0.1, 0.15) is 17.1 Å². The van der Waals surface area contributed by atoms with E-state index in [1.807, 2.05) is 18.2 Å². The molecule has 102 valence electrons. The van der Waals surface area contributed by atoms with E-state index in [0.717, 1.165) is 14.8 Å². The van der Waals surface area contributed by atoms with Crippen LogP contribution in [0.25, 0.3) is 16.7 Å². The zero-order valence-electron chi connectivity index (χ0n) is 10.6. The molecule has 2 N–H and O–H groups in total. The van der Waals surface area contributed by atoms with Gasteiger partial charge >= 0.3 is 0 Å². The fourth-order valence-corrected chi connectivity index (χ4v) is 2.89. The minimum atomic E-state index is -0.279. The molecular formula is C14H11FIN3O. The average Bonchev–Trinajstić information content (AvgIpc) is 2.75. The maximum atomic E-state index is 13.2. The van der Waals surface area contributed by atoms with Gasteiger partial charge in [0, 0.05) is 3.57 Å². The lowest BCUT2D eigenvalue weighted by Gasteiger charge is -2.09. The lowest BCUT2D eigenvalue weighted by Crippen LogP contribution is -2.02. The zero-order valence-corrected chi connectivity index (χ0v) is 12.8. The lowest BCUT2D eigenvalue weighted by molar-refractivity contribution is 0.419. The van der Waals surface area contributed by atoms with E-state index in [-0.39, 0.29) is 5.82 Å². The molecule has 1 aromatic heterocycles. The summed E-state index contributed by atoms with van der Waals surface area (Å²) in [7, 11) is 1.59. The van der Waals surface area contributed by atoms with Crippen LogP contribution in [0.4, 0.5) is 10.3 Å². The molecule has 0 spiro atoms. The number of para-hydroxylation sites is 1. The van der Waals surface area contributed by atoms with Crippen molar-refractivity contribution in [2.24, 2.45) is 0 Å². The number of hydrogen-bond donors (Lipinski definition) is 1. The summed E-state index contributed by atoms with van der Waals surface area (Å²) in [6.07, 6.45) is 0. The molecule has 0 saturated heterocycles. The Morgan fingerprint density at radius 3 is 2.80 bits per heavy atom. The summed E-state index contributed by atoms with van der Waals surface area (Å²) in [5.41, 5.74) is 8.32. The van der Waals surface area contributed by atoms with Crippen LogP contribution in [0.2, 0.25) is 0 Å². The van der Waals surface area contributed by atoms with Gasteiger partial charge in [-0.15, -0.1) is 0 Å². The lowest BCUT2D eigenvalue weighted by atomic mass is 10.2. The number of aromatic nitrogens is 2. The molecule has 3 rings (SSSR count). The first-order chi connectivity index (χ1) is 9.61. The van der Waals surface area contributed by atoms with Crippen LogP contribution in [0.5, 0.6) is 5.75 Å². The van der Waals surface area contributed by atoms with Gasteiger partial charge in [0.05, 0.1) is 18.3 Å². The standard InChI is InChI=1S/C14H11FIN3O/c1-20-12-4-2-3-11-13(12)18-14(17)19(11)10-6-5-8(15)7-9(10)16/h2-7H,1H3,(H2,17,18). The smallest absolute Gasteiger partial charge is 0.206 e. The third kappa shape index (κ3) is 2.00. The Labute approximate surface area is 128 Å². The molecular weight excluding hydrogens is 372 g/mol. The van der Waals surface area contributed by atoms with Crippen molar-refractivity contribution in [2.45, 2.75) is 0 Å². The van der Waals surface area contributed by atoms with E-state index in [4.69, 9.17) is 10.5 Å². The second-order valence-electron chi connectivity index (χ2n) is 4.23. The van der Waals surface area contributed by atoms with E-state index in [0.29, 0.717) is 17.2 Å².